The van der Waals surface area contributed by atoms with Crippen molar-refractivity contribution in [1.82, 2.24) is 9.97 Å². The van der Waals surface area contributed by atoms with Crippen LogP contribution < -0.4 is 10.6 Å². The molecule has 0 fully saturated rings. The molecule has 0 aliphatic heterocycles. The number of hydrogen-bond acceptors (Lipinski definition) is 4. The van der Waals surface area contributed by atoms with Gasteiger partial charge in [-0.2, -0.15) is 4.98 Å². The van der Waals surface area contributed by atoms with E-state index in [1.165, 1.54) is 0 Å². The first-order valence-corrected chi connectivity index (χ1v) is 5.68. The molecule has 1 aromatic heterocycles. The molecule has 16 heavy (non-hydrogen) atoms. The van der Waals surface area contributed by atoms with Crippen molar-refractivity contribution in [1.29, 1.82) is 0 Å². The lowest BCUT2D eigenvalue weighted by Crippen LogP contribution is -2.25. The maximum atomic E-state index is 4.31. The Labute approximate surface area is 97.9 Å². The van der Waals surface area contributed by atoms with Crippen molar-refractivity contribution in [3.8, 4) is 0 Å². The molecule has 1 aromatic rings. The molecule has 2 N–H and O–H groups in total. The monoisotopic (exact) mass is 222 g/mol. The van der Waals surface area contributed by atoms with Crippen LogP contribution in [-0.2, 0) is 0 Å². The van der Waals surface area contributed by atoms with E-state index in [1.807, 2.05) is 13.1 Å². The standard InChI is InChI=1S/C12H22N4/c1-9(12(2,3)4)8-15-10-6-7-14-11(13-5)16-10/h6-7,9H,8H2,1-5H3,(H2,13,14,15,16). The van der Waals surface area contributed by atoms with Crippen LogP contribution in [0.3, 0.4) is 0 Å². The van der Waals surface area contributed by atoms with Gasteiger partial charge < -0.3 is 10.6 Å². The van der Waals surface area contributed by atoms with E-state index in [-0.39, 0.29) is 0 Å². The third-order valence-electron chi connectivity index (χ3n) is 2.95. The van der Waals surface area contributed by atoms with Gasteiger partial charge in [-0.05, 0) is 17.4 Å². The minimum atomic E-state index is 0.311. The molecule has 0 saturated heterocycles. The van der Waals surface area contributed by atoms with Crippen LogP contribution in [0.1, 0.15) is 27.7 Å². The van der Waals surface area contributed by atoms with Crippen LogP contribution in [0.4, 0.5) is 11.8 Å². The van der Waals surface area contributed by atoms with Crippen LogP contribution in [-0.4, -0.2) is 23.6 Å². The Morgan fingerprint density at radius 2 is 2.06 bits per heavy atom. The zero-order valence-electron chi connectivity index (χ0n) is 10.8. The Hall–Kier alpha value is -1.32. The van der Waals surface area contributed by atoms with Crippen molar-refractivity contribution in [3.63, 3.8) is 0 Å². The lowest BCUT2D eigenvalue weighted by molar-refractivity contribution is 0.274. The van der Waals surface area contributed by atoms with Crippen molar-refractivity contribution in [2.24, 2.45) is 11.3 Å². The maximum Gasteiger partial charge on any atom is 0.224 e. The second-order valence-corrected chi connectivity index (χ2v) is 5.16. The summed E-state index contributed by atoms with van der Waals surface area (Å²) in [7, 11) is 1.82. The highest BCUT2D eigenvalue weighted by Gasteiger charge is 2.19. The van der Waals surface area contributed by atoms with E-state index >= 15 is 0 Å². The molecule has 0 aromatic carbocycles. The summed E-state index contributed by atoms with van der Waals surface area (Å²) in [5.74, 6) is 2.10. The topological polar surface area (TPSA) is 49.8 Å². The van der Waals surface area contributed by atoms with Crippen LogP contribution >= 0.6 is 0 Å². The van der Waals surface area contributed by atoms with Crippen molar-refractivity contribution in [3.05, 3.63) is 12.3 Å². The highest BCUT2D eigenvalue weighted by atomic mass is 15.1. The predicted molar refractivity (Wildman–Crippen MR) is 68.7 cm³/mol. The van der Waals surface area contributed by atoms with E-state index in [0.717, 1.165) is 12.4 Å². The van der Waals surface area contributed by atoms with Gasteiger partial charge in [-0.25, -0.2) is 4.98 Å². The maximum absolute atomic E-state index is 4.31. The van der Waals surface area contributed by atoms with Gasteiger partial charge in [0.25, 0.3) is 0 Å². The highest BCUT2D eigenvalue weighted by molar-refractivity contribution is 5.39. The van der Waals surface area contributed by atoms with Crippen molar-refractivity contribution < 1.29 is 0 Å². The molecular formula is C12H22N4. The molecular weight excluding hydrogens is 200 g/mol. The first-order valence-electron chi connectivity index (χ1n) is 5.68. The smallest absolute Gasteiger partial charge is 0.224 e. The zero-order chi connectivity index (χ0) is 12.2. The average Bonchev–Trinajstić information content (AvgIpc) is 2.25. The summed E-state index contributed by atoms with van der Waals surface area (Å²) in [6, 6.07) is 1.89. The summed E-state index contributed by atoms with van der Waals surface area (Å²) in [5, 5.41) is 6.26. The van der Waals surface area contributed by atoms with Gasteiger partial charge in [0, 0.05) is 19.8 Å². The van der Waals surface area contributed by atoms with Gasteiger partial charge in [0.2, 0.25) is 5.95 Å². The Morgan fingerprint density at radius 3 is 2.62 bits per heavy atom. The normalized spacial score (nSPS) is 13.3. The summed E-state index contributed by atoms with van der Waals surface area (Å²) in [4.78, 5) is 8.38. The third-order valence-corrected chi connectivity index (χ3v) is 2.95. The van der Waals surface area contributed by atoms with E-state index < -0.39 is 0 Å². The first-order chi connectivity index (χ1) is 7.43. The number of nitrogens with zero attached hydrogens (tertiary/aromatic N) is 2. The lowest BCUT2D eigenvalue weighted by Gasteiger charge is -2.27. The largest absolute Gasteiger partial charge is 0.370 e. The Bertz CT molecular complexity index is 330. The SMILES string of the molecule is CNc1nccc(NCC(C)C(C)(C)C)n1. The molecule has 4 heteroatoms. The average molecular weight is 222 g/mol. The van der Waals surface area contributed by atoms with E-state index in [0.29, 0.717) is 17.3 Å². The van der Waals surface area contributed by atoms with E-state index in [4.69, 9.17) is 0 Å². The molecule has 0 amide bonds. The molecule has 0 aliphatic carbocycles. The highest BCUT2D eigenvalue weighted by Crippen LogP contribution is 2.25. The summed E-state index contributed by atoms with van der Waals surface area (Å²) < 4.78 is 0. The number of hydrogen-bond donors (Lipinski definition) is 2. The molecule has 1 unspecified atom stereocenters. The molecule has 0 bridgehead atoms. The van der Waals surface area contributed by atoms with Crippen molar-refractivity contribution in [2.45, 2.75) is 27.7 Å². The number of aromatic nitrogens is 2. The fourth-order valence-corrected chi connectivity index (χ4v) is 1.14. The van der Waals surface area contributed by atoms with Gasteiger partial charge >= 0.3 is 0 Å². The quantitative estimate of drug-likeness (QED) is 0.822. The van der Waals surface area contributed by atoms with Crippen molar-refractivity contribution >= 4 is 11.8 Å². The van der Waals surface area contributed by atoms with Crippen LogP contribution in [0.25, 0.3) is 0 Å². The molecule has 4 nitrogen and oxygen atoms in total. The summed E-state index contributed by atoms with van der Waals surface area (Å²) in [5.41, 5.74) is 0.311. The molecule has 1 rings (SSSR count). The summed E-state index contributed by atoms with van der Waals surface area (Å²) >= 11 is 0. The molecule has 0 aliphatic rings. The van der Waals surface area contributed by atoms with Crippen LogP contribution in [0, 0.1) is 11.3 Å². The number of nitrogens with one attached hydrogen (secondary N) is 2. The second-order valence-electron chi connectivity index (χ2n) is 5.16. The fraction of sp³-hybridized carbons (Fsp3) is 0.667. The Balaban J connectivity index is 2.54. The Morgan fingerprint density at radius 1 is 1.38 bits per heavy atom. The number of rotatable bonds is 4. The predicted octanol–water partition coefficient (Wildman–Crippen LogP) is 2.61. The van der Waals surface area contributed by atoms with Gasteiger partial charge in [-0.1, -0.05) is 27.7 Å². The molecule has 0 radical (unpaired) electrons. The summed E-state index contributed by atoms with van der Waals surface area (Å²) in [6.45, 7) is 9.91. The third kappa shape index (κ3) is 3.68. The van der Waals surface area contributed by atoms with Crippen LogP contribution in [0.15, 0.2) is 12.3 Å². The van der Waals surface area contributed by atoms with Crippen LogP contribution in [0.2, 0.25) is 0 Å². The lowest BCUT2D eigenvalue weighted by atomic mass is 9.82. The zero-order valence-corrected chi connectivity index (χ0v) is 10.8. The molecule has 90 valence electrons. The van der Waals surface area contributed by atoms with E-state index in [1.54, 1.807) is 6.20 Å². The molecule has 0 spiro atoms. The molecule has 1 atom stereocenters. The molecule has 1 heterocycles. The van der Waals surface area contributed by atoms with Gasteiger partial charge in [0.15, 0.2) is 0 Å². The van der Waals surface area contributed by atoms with Crippen molar-refractivity contribution in [2.75, 3.05) is 24.2 Å². The van der Waals surface area contributed by atoms with Gasteiger partial charge in [-0.3, -0.25) is 0 Å². The van der Waals surface area contributed by atoms with Crippen LogP contribution in [0.5, 0.6) is 0 Å². The minimum Gasteiger partial charge on any atom is -0.370 e. The van der Waals surface area contributed by atoms with E-state index in [2.05, 4.69) is 48.3 Å². The second kappa shape index (κ2) is 5.14. The fourth-order valence-electron chi connectivity index (χ4n) is 1.14. The minimum absolute atomic E-state index is 0.311. The number of anilines is 2. The van der Waals surface area contributed by atoms with E-state index in [9.17, 15) is 0 Å². The van der Waals surface area contributed by atoms with Gasteiger partial charge in [0.1, 0.15) is 5.82 Å². The first kappa shape index (κ1) is 12.7. The summed E-state index contributed by atoms with van der Waals surface area (Å²) in [6.07, 6.45) is 1.75. The van der Waals surface area contributed by atoms with Gasteiger partial charge in [-0.15, -0.1) is 0 Å². The Kier molecular flexibility index (Phi) is 4.10. The van der Waals surface area contributed by atoms with Gasteiger partial charge in [0.05, 0.1) is 0 Å². The molecule has 0 saturated carbocycles.